The van der Waals surface area contributed by atoms with E-state index in [9.17, 15) is 14.7 Å². The number of nitrogens with zero attached hydrogens (tertiary/aromatic N) is 1. The van der Waals surface area contributed by atoms with Gasteiger partial charge in [-0.2, -0.15) is 0 Å². The highest BCUT2D eigenvalue weighted by molar-refractivity contribution is 8.13. The van der Waals surface area contributed by atoms with E-state index in [0.717, 1.165) is 0 Å². The van der Waals surface area contributed by atoms with Gasteiger partial charge in [-0.05, 0) is 6.92 Å². The summed E-state index contributed by atoms with van der Waals surface area (Å²) in [4.78, 5) is 24.1. The average Bonchev–Trinajstić information content (AvgIpc) is 2.61. The van der Waals surface area contributed by atoms with Crippen molar-refractivity contribution in [2.45, 2.75) is 18.9 Å². The summed E-state index contributed by atoms with van der Waals surface area (Å²) >= 11 is 1.17. The Bertz CT molecular complexity index is 271. The smallest absolute Gasteiger partial charge is 0.329 e. The normalized spacial score (nSPS) is 20.4. The third-order valence-corrected chi connectivity index (χ3v) is 3.46. The molecule has 0 aliphatic carbocycles. The number of carbonyl (C=O) groups excluding carboxylic acids is 1. The molecule has 0 aromatic rings. The maximum absolute atomic E-state index is 11.5. The van der Waals surface area contributed by atoms with Gasteiger partial charge in [0.2, 0.25) is 0 Å². The van der Waals surface area contributed by atoms with E-state index in [1.54, 1.807) is 6.92 Å². The highest BCUT2D eigenvalue weighted by atomic mass is 32.2. The standard InChI is InChI=1S/C9H15NO4S/c1-9(7(11)12,3-5-14-2)10-4-6-15-8(10)13/h3-6H2,1-2H3,(H,11,12). The fourth-order valence-corrected chi connectivity index (χ4v) is 2.40. The minimum Gasteiger partial charge on any atom is -0.480 e. The van der Waals surface area contributed by atoms with Crippen LogP contribution >= 0.6 is 11.8 Å². The van der Waals surface area contributed by atoms with Crippen LogP contribution in [0, 0.1) is 0 Å². The van der Waals surface area contributed by atoms with E-state index >= 15 is 0 Å². The van der Waals surface area contributed by atoms with Crippen molar-refractivity contribution in [3.05, 3.63) is 0 Å². The molecule has 6 heteroatoms. The molecule has 0 bridgehead atoms. The van der Waals surface area contributed by atoms with E-state index in [4.69, 9.17) is 4.74 Å². The van der Waals surface area contributed by atoms with Crippen LogP contribution in [0.4, 0.5) is 4.79 Å². The van der Waals surface area contributed by atoms with Crippen LogP contribution in [0.1, 0.15) is 13.3 Å². The van der Waals surface area contributed by atoms with Gasteiger partial charge in [-0.3, -0.25) is 4.79 Å². The number of amides is 1. The second-order valence-corrected chi connectivity index (χ2v) is 4.63. The zero-order chi connectivity index (χ0) is 11.5. The molecule has 1 atom stereocenters. The van der Waals surface area contributed by atoms with Crippen molar-refractivity contribution in [3.63, 3.8) is 0 Å². The van der Waals surface area contributed by atoms with Crippen molar-refractivity contribution >= 4 is 23.0 Å². The molecule has 1 amide bonds. The van der Waals surface area contributed by atoms with Crippen molar-refractivity contribution in [2.24, 2.45) is 0 Å². The van der Waals surface area contributed by atoms with Crippen molar-refractivity contribution in [2.75, 3.05) is 26.0 Å². The minimum atomic E-state index is -1.14. The molecule has 1 N–H and O–H groups in total. The van der Waals surface area contributed by atoms with Crippen LogP contribution in [-0.2, 0) is 9.53 Å². The van der Waals surface area contributed by atoms with Gasteiger partial charge in [-0.1, -0.05) is 11.8 Å². The first-order valence-corrected chi connectivity index (χ1v) is 5.67. The van der Waals surface area contributed by atoms with Crippen LogP contribution in [-0.4, -0.2) is 52.8 Å². The summed E-state index contributed by atoms with van der Waals surface area (Å²) in [6.07, 6.45) is 0.311. The van der Waals surface area contributed by atoms with Crippen LogP contribution < -0.4 is 0 Å². The van der Waals surface area contributed by atoms with Crippen molar-refractivity contribution in [1.82, 2.24) is 4.90 Å². The molecule has 5 nitrogen and oxygen atoms in total. The Morgan fingerprint density at radius 2 is 2.40 bits per heavy atom. The molecule has 0 aromatic heterocycles. The van der Waals surface area contributed by atoms with Gasteiger partial charge in [0.15, 0.2) is 0 Å². The van der Waals surface area contributed by atoms with E-state index in [1.165, 1.54) is 23.8 Å². The zero-order valence-corrected chi connectivity index (χ0v) is 9.67. The van der Waals surface area contributed by atoms with Gasteiger partial charge >= 0.3 is 5.97 Å². The number of methoxy groups -OCH3 is 1. The average molecular weight is 233 g/mol. The molecule has 1 aliphatic heterocycles. The minimum absolute atomic E-state index is 0.156. The van der Waals surface area contributed by atoms with E-state index in [2.05, 4.69) is 0 Å². The van der Waals surface area contributed by atoms with E-state index in [0.29, 0.717) is 25.3 Å². The molecule has 0 spiro atoms. The van der Waals surface area contributed by atoms with Gasteiger partial charge in [-0.25, -0.2) is 4.79 Å². The molecular formula is C9H15NO4S. The predicted molar refractivity (Wildman–Crippen MR) is 57.1 cm³/mol. The SMILES string of the molecule is COCCC(C)(C(=O)O)N1CCSC1=O. The Morgan fingerprint density at radius 1 is 1.73 bits per heavy atom. The Hall–Kier alpha value is -0.750. The van der Waals surface area contributed by atoms with E-state index in [1.807, 2.05) is 0 Å². The molecule has 86 valence electrons. The third kappa shape index (κ3) is 2.43. The van der Waals surface area contributed by atoms with Crippen LogP contribution in [0.3, 0.4) is 0 Å². The largest absolute Gasteiger partial charge is 0.480 e. The number of thioether (sulfide) groups is 1. The number of aliphatic carboxylic acids is 1. The summed E-state index contributed by atoms with van der Waals surface area (Å²) < 4.78 is 4.87. The van der Waals surface area contributed by atoms with Gasteiger partial charge in [0.05, 0.1) is 0 Å². The second-order valence-electron chi connectivity index (χ2n) is 3.59. The number of carboxylic acid groups (broad SMARTS) is 1. The topological polar surface area (TPSA) is 66.8 Å². The molecule has 0 saturated carbocycles. The van der Waals surface area contributed by atoms with Gasteiger partial charge < -0.3 is 14.7 Å². The summed E-state index contributed by atoms with van der Waals surface area (Å²) in [7, 11) is 1.52. The lowest BCUT2D eigenvalue weighted by molar-refractivity contribution is -0.149. The summed E-state index contributed by atoms with van der Waals surface area (Å²) in [5, 5.41) is 9.02. The van der Waals surface area contributed by atoms with Crippen LogP contribution in [0.25, 0.3) is 0 Å². The molecule has 15 heavy (non-hydrogen) atoms. The molecule has 1 aliphatic rings. The Kier molecular flexibility index (Phi) is 3.98. The zero-order valence-electron chi connectivity index (χ0n) is 8.86. The lowest BCUT2D eigenvalue weighted by Crippen LogP contribution is -2.53. The number of carbonyl (C=O) groups is 2. The molecule has 1 unspecified atom stereocenters. The summed E-state index contributed by atoms with van der Waals surface area (Å²) in [5.74, 6) is -0.315. The monoisotopic (exact) mass is 233 g/mol. The predicted octanol–water partition coefficient (Wildman–Crippen LogP) is 1.04. The summed E-state index contributed by atoms with van der Waals surface area (Å²) in [5.41, 5.74) is -1.14. The maximum Gasteiger partial charge on any atom is 0.329 e. The Morgan fingerprint density at radius 3 is 2.80 bits per heavy atom. The fraction of sp³-hybridized carbons (Fsp3) is 0.778. The van der Waals surface area contributed by atoms with E-state index < -0.39 is 11.5 Å². The highest BCUT2D eigenvalue weighted by Gasteiger charge is 2.44. The van der Waals surface area contributed by atoms with Gasteiger partial charge in [0, 0.05) is 32.4 Å². The van der Waals surface area contributed by atoms with Crippen LogP contribution in [0.5, 0.6) is 0 Å². The molecule has 1 heterocycles. The Labute approximate surface area is 92.8 Å². The molecular weight excluding hydrogens is 218 g/mol. The quantitative estimate of drug-likeness (QED) is 0.768. The molecule has 1 fully saturated rings. The number of ether oxygens (including phenoxy) is 1. The van der Waals surface area contributed by atoms with Crippen molar-refractivity contribution in [3.8, 4) is 0 Å². The van der Waals surface area contributed by atoms with Gasteiger partial charge in [0.1, 0.15) is 5.54 Å². The number of carboxylic acids is 1. The number of rotatable bonds is 5. The molecule has 1 saturated heterocycles. The van der Waals surface area contributed by atoms with Gasteiger partial charge in [0.25, 0.3) is 5.24 Å². The van der Waals surface area contributed by atoms with Crippen molar-refractivity contribution < 1.29 is 19.4 Å². The number of hydrogen-bond donors (Lipinski definition) is 1. The lowest BCUT2D eigenvalue weighted by atomic mass is 9.96. The number of hydrogen-bond acceptors (Lipinski definition) is 4. The second kappa shape index (κ2) is 4.85. The first-order valence-electron chi connectivity index (χ1n) is 4.69. The third-order valence-electron chi connectivity index (χ3n) is 2.61. The molecule has 0 radical (unpaired) electrons. The van der Waals surface area contributed by atoms with Crippen molar-refractivity contribution in [1.29, 1.82) is 0 Å². The fourth-order valence-electron chi connectivity index (χ4n) is 1.50. The first kappa shape index (κ1) is 12.3. The first-order chi connectivity index (χ1) is 7.02. The molecule has 1 rings (SSSR count). The summed E-state index contributed by atoms with van der Waals surface area (Å²) in [6, 6.07) is 0. The van der Waals surface area contributed by atoms with E-state index in [-0.39, 0.29) is 5.24 Å². The molecule has 0 aromatic carbocycles. The lowest BCUT2D eigenvalue weighted by Gasteiger charge is -2.34. The van der Waals surface area contributed by atoms with Crippen LogP contribution in [0.15, 0.2) is 0 Å². The highest BCUT2D eigenvalue weighted by Crippen LogP contribution is 2.29. The Balaban J connectivity index is 2.79. The summed E-state index contributed by atoms with van der Waals surface area (Å²) in [6.45, 7) is 2.39. The van der Waals surface area contributed by atoms with Crippen LogP contribution in [0.2, 0.25) is 0 Å². The maximum atomic E-state index is 11.5. The van der Waals surface area contributed by atoms with Gasteiger partial charge in [-0.15, -0.1) is 0 Å².